The molecule has 0 amide bonds. The second-order valence-electron chi connectivity index (χ2n) is 17.3. The van der Waals surface area contributed by atoms with Crippen molar-refractivity contribution in [2.75, 3.05) is 0 Å². The molecule has 3 aromatic heterocycles. The van der Waals surface area contributed by atoms with Gasteiger partial charge in [0, 0.05) is 53.3 Å². The van der Waals surface area contributed by atoms with E-state index in [0.29, 0.717) is 0 Å². The summed E-state index contributed by atoms with van der Waals surface area (Å²) in [5.41, 5.74) is 17.9. The molecule has 0 spiro atoms. The van der Waals surface area contributed by atoms with Crippen LogP contribution in [0.5, 0.6) is 0 Å². The zero-order valence-corrected chi connectivity index (χ0v) is 39.6. The van der Waals surface area contributed by atoms with Crippen molar-refractivity contribution in [2.24, 2.45) is 0 Å². The van der Waals surface area contributed by atoms with Gasteiger partial charge in [0.15, 0.2) is 0 Å². The van der Waals surface area contributed by atoms with E-state index in [2.05, 4.69) is 224 Å². The fraction of sp³-hybridized carbons (Fsp3) is 0.0303. The van der Waals surface area contributed by atoms with Crippen molar-refractivity contribution < 1.29 is 0 Å². The maximum Gasteiger partial charge on any atom is 0.0553 e. The predicted octanol–water partition coefficient (Wildman–Crippen LogP) is 19.3. The fourth-order valence-corrected chi connectivity index (χ4v) is 11.6. The lowest BCUT2D eigenvalue weighted by molar-refractivity contribution is 1.11. The summed E-state index contributed by atoms with van der Waals surface area (Å²) >= 11 is 1.85. The Hall–Kier alpha value is -8.50. The van der Waals surface area contributed by atoms with E-state index in [1.54, 1.807) is 18.2 Å². The Kier molecular flexibility index (Phi) is 11.2. The Morgan fingerprint density at radius 1 is 0.478 bits per heavy atom. The highest BCUT2D eigenvalue weighted by Gasteiger charge is 2.26. The summed E-state index contributed by atoms with van der Waals surface area (Å²) in [5, 5.41) is 8.90. The van der Waals surface area contributed by atoms with E-state index in [4.69, 9.17) is 0 Å². The average molecular weight is 903 g/mol. The van der Waals surface area contributed by atoms with Gasteiger partial charge in [-0.1, -0.05) is 172 Å². The molecule has 13 rings (SSSR count). The summed E-state index contributed by atoms with van der Waals surface area (Å²) in [5.74, 6) is 0. The van der Waals surface area contributed by atoms with Crippen LogP contribution in [0.15, 0.2) is 233 Å². The van der Waals surface area contributed by atoms with Gasteiger partial charge in [-0.2, -0.15) is 0 Å². The van der Waals surface area contributed by atoms with Crippen LogP contribution in [0.25, 0.3) is 126 Å². The van der Waals surface area contributed by atoms with Crippen molar-refractivity contribution in [3.8, 4) is 44.8 Å². The van der Waals surface area contributed by atoms with Crippen LogP contribution in [0.3, 0.4) is 0 Å². The molecule has 2 aliphatic rings. The van der Waals surface area contributed by atoms with E-state index in [-0.39, 0.29) is 0 Å². The predicted molar refractivity (Wildman–Crippen MR) is 305 cm³/mol. The molecule has 69 heavy (non-hydrogen) atoms. The molecule has 3 heterocycles. The summed E-state index contributed by atoms with van der Waals surface area (Å²) in [4.78, 5) is 0. The van der Waals surface area contributed by atoms with Crippen molar-refractivity contribution >= 4 is 92.7 Å². The first-order valence-corrected chi connectivity index (χ1v) is 24.3. The van der Waals surface area contributed by atoms with Crippen LogP contribution >= 0.6 is 11.3 Å². The molecule has 8 aromatic carbocycles. The van der Waals surface area contributed by atoms with E-state index in [1.165, 1.54) is 91.7 Å². The molecule has 0 saturated heterocycles. The third-order valence-electron chi connectivity index (χ3n) is 13.4. The Morgan fingerprint density at radius 2 is 1.14 bits per heavy atom. The first-order valence-electron chi connectivity index (χ1n) is 23.4. The molecule has 3 heteroatoms. The van der Waals surface area contributed by atoms with Gasteiger partial charge in [0.05, 0.1) is 22.2 Å². The molecular weight excluding hydrogens is 853 g/mol. The largest absolute Gasteiger partial charge is 0.309 e. The molecule has 0 atom stereocenters. The van der Waals surface area contributed by atoms with E-state index in [1.807, 2.05) is 30.4 Å². The minimum absolute atomic E-state index is 0.945. The Morgan fingerprint density at radius 3 is 1.91 bits per heavy atom. The smallest absolute Gasteiger partial charge is 0.0553 e. The molecule has 0 bridgehead atoms. The average Bonchev–Trinajstić information content (AvgIpc) is 4.05. The lowest BCUT2D eigenvalue weighted by Crippen LogP contribution is -1.96. The molecule has 0 fully saturated rings. The normalized spacial score (nSPS) is 12.3. The third-order valence-corrected chi connectivity index (χ3v) is 14.5. The van der Waals surface area contributed by atoms with Crippen LogP contribution in [0.1, 0.15) is 30.2 Å². The van der Waals surface area contributed by atoms with Crippen LogP contribution in [0, 0.1) is 0 Å². The van der Waals surface area contributed by atoms with Crippen molar-refractivity contribution in [1.82, 2.24) is 9.13 Å². The fourth-order valence-electron chi connectivity index (χ4n) is 10.5. The van der Waals surface area contributed by atoms with Gasteiger partial charge < -0.3 is 9.13 Å². The number of nitrogens with zero attached hydrogens (tertiary/aromatic N) is 2. The summed E-state index contributed by atoms with van der Waals surface area (Å²) in [6.07, 6.45) is 21.0. The Bertz CT molecular complexity index is 4030. The molecule has 0 N–H and O–H groups in total. The minimum Gasteiger partial charge on any atom is -0.309 e. The number of benzene rings is 8. The Balaban J connectivity index is 0.000000701. The van der Waals surface area contributed by atoms with Gasteiger partial charge in [0.2, 0.25) is 0 Å². The topological polar surface area (TPSA) is 9.86 Å². The van der Waals surface area contributed by atoms with Crippen LogP contribution in [-0.2, 0) is 0 Å². The Labute approximate surface area is 407 Å². The summed E-state index contributed by atoms with van der Waals surface area (Å²) in [7, 11) is 0. The summed E-state index contributed by atoms with van der Waals surface area (Å²) in [6, 6.07) is 56.7. The lowest BCUT2D eigenvalue weighted by Gasteiger charge is -2.12. The lowest BCUT2D eigenvalue weighted by atomic mass is 9.96. The number of aromatic nitrogens is 2. The molecular formula is C66H50N2S. The van der Waals surface area contributed by atoms with Crippen LogP contribution in [0.4, 0.5) is 0 Å². The highest BCUT2D eigenvalue weighted by Crippen LogP contribution is 2.51. The third kappa shape index (κ3) is 7.10. The summed E-state index contributed by atoms with van der Waals surface area (Å²) in [6.45, 7) is 20.6. The first-order chi connectivity index (χ1) is 34.0. The number of hydrogen-bond donors (Lipinski definition) is 0. The molecule has 2 nitrogen and oxygen atoms in total. The molecule has 11 aromatic rings. The zero-order valence-electron chi connectivity index (χ0n) is 38.8. The van der Waals surface area contributed by atoms with E-state index < -0.39 is 0 Å². The second kappa shape index (κ2) is 18.0. The zero-order chi connectivity index (χ0) is 47.2. The maximum atomic E-state index is 4.32. The standard InChI is InChI=1S/C59H38N2S.C4H6.C3H6/c1-3-42-49-32-38(25-29-53(49)60(52(42)4-2)41-27-28-46-45-21-11-12-24-56(45)62-57(46)34-41)39-26-30-54-51(33-39)59-48-23-14-22-47-43-19-9-10-20-44(43)50(58(47)48)35-55(59)61(54)40-18-13-17-37(31-40)36-15-7-5-6-8-16-36;1-3-4-2;1-3-2/h3-5,7-35H,1-2,6H2;3-4H,1-2H2;3H,1H2,2H3. The van der Waals surface area contributed by atoms with Crippen molar-refractivity contribution in [3.05, 3.63) is 250 Å². The number of thiophene rings is 1. The van der Waals surface area contributed by atoms with Gasteiger partial charge in [-0.05, 0) is 135 Å². The van der Waals surface area contributed by atoms with Crippen LogP contribution in [-0.4, -0.2) is 9.13 Å². The van der Waals surface area contributed by atoms with E-state index in [9.17, 15) is 0 Å². The minimum atomic E-state index is 0.945. The molecule has 0 radical (unpaired) electrons. The van der Waals surface area contributed by atoms with Crippen molar-refractivity contribution in [1.29, 1.82) is 0 Å². The van der Waals surface area contributed by atoms with E-state index in [0.717, 1.165) is 45.5 Å². The number of allylic oxidation sites excluding steroid dienone is 9. The van der Waals surface area contributed by atoms with Gasteiger partial charge in [-0.15, -0.1) is 17.9 Å². The van der Waals surface area contributed by atoms with Crippen LogP contribution < -0.4 is 0 Å². The highest BCUT2D eigenvalue weighted by molar-refractivity contribution is 7.25. The van der Waals surface area contributed by atoms with Gasteiger partial charge in [0.1, 0.15) is 0 Å². The molecule has 0 saturated carbocycles. The van der Waals surface area contributed by atoms with Crippen LogP contribution in [0.2, 0.25) is 0 Å². The number of rotatable bonds is 7. The van der Waals surface area contributed by atoms with Gasteiger partial charge in [-0.25, -0.2) is 0 Å². The number of fused-ring (bicyclic) bond motifs is 11. The highest BCUT2D eigenvalue weighted by atomic mass is 32.1. The first kappa shape index (κ1) is 43.1. The van der Waals surface area contributed by atoms with Gasteiger partial charge >= 0.3 is 0 Å². The second-order valence-corrected chi connectivity index (χ2v) is 18.4. The monoisotopic (exact) mass is 902 g/mol. The molecule has 2 aliphatic carbocycles. The molecule has 330 valence electrons. The summed E-state index contributed by atoms with van der Waals surface area (Å²) < 4.78 is 7.41. The van der Waals surface area contributed by atoms with E-state index >= 15 is 0 Å². The molecule has 0 unspecified atom stereocenters. The quantitative estimate of drug-likeness (QED) is 0.111. The SMILES string of the molecule is C=CC.C=CC=C.C=Cc1c(C=C)n(-c2ccc3c(c2)sc2ccccc23)c2ccc(-c3ccc4c(c3)c3c5cccc6c5c(cc3n4-c3cccc(C4=CC=CCC=C4)c3)-c3ccccc3-6)cc12. The van der Waals surface area contributed by atoms with Crippen molar-refractivity contribution in [2.45, 2.75) is 13.3 Å². The van der Waals surface area contributed by atoms with Gasteiger partial charge in [0.25, 0.3) is 0 Å². The van der Waals surface area contributed by atoms with Crippen molar-refractivity contribution in [3.63, 3.8) is 0 Å². The molecule has 0 aliphatic heterocycles. The van der Waals surface area contributed by atoms with Gasteiger partial charge in [-0.3, -0.25) is 0 Å². The number of hydrogen-bond acceptors (Lipinski definition) is 1. The maximum absolute atomic E-state index is 4.32.